The van der Waals surface area contributed by atoms with Crippen molar-refractivity contribution in [2.75, 3.05) is 5.32 Å². The van der Waals surface area contributed by atoms with Crippen molar-refractivity contribution in [3.8, 4) is 0 Å². The molecular weight excluding hydrogens is 346 g/mol. The summed E-state index contributed by atoms with van der Waals surface area (Å²) in [6.45, 7) is 0. The van der Waals surface area contributed by atoms with E-state index >= 15 is 0 Å². The van der Waals surface area contributed by atoms with E-state index in [1.54, 1.807) is 12.1 Å². The molecule has 0 aromatic heterocycles. The van der Waals surface area contributed by atoms with Gasteiger partial charge in [-0.15, -0.1) is 0 Å². The quantitative estimate of drug-likeness (QED) is 0.813. The molecule has 3 aliphatic carbocycles. The van der Waals surface area contributed by atoms with Crippen LogP contribution in [-0.2, 0) is 9.59 Å². The first-order chi connectivity index (χ1) is 10.5. The Bertz CT molecular complexity index is 744. The van der Waals surface area contributed by atoms with Crippen LogP contribution in [0.15, 0.2) is 52.0 Å². The molecule has 1 spiro atoms. The van der Waals surface area contributed by atoms with E-state index < -0.39 is 5.97 Å². The fourth-order valence-corrected chi connectivity index (χ4v) is 4.18. The van der Waals surface area contributed by atoms with Crippen LogP contribution in [0, 0.1) is 17.3 Å². The Hall–Kier alpha value is -1.88. The number of amides is 1. The summed E-state index contributed by atoms with van der Waals surface area (Å²) in [6, 6.07) is 7.26. The van der Waals surface area contributed by atoms with Crippen molar-refractivity contribution >= 4 is 33.5 Å². The summed E-state index contributed by atoms with van der Waals surface area (Å²) in [4.78, 5) is 24.3. The lowest BCUT2D eigenvalue weighted by atomic mass is 9.88. The van der Waals surface area contributed by atoms with Crippen LogP contribution in [0.25, 0.3) is 0 Å². The van der Waals surface area contributed by atoms with Gasteiger partial charge >= 0.3 is 5.97 Å². The van der Waals surface area contributed by atoms with E-state index in [0.29, 0.717) is 16.8 Å². The second-order valence-electron chi connectivity index (χ2n) is 6.17. The standard InChI is InChI=1S/C17H14BrNO3/c18-9-1-3-10(4-2-9)19-15(20)13-11-5-6-12(14(13)16(21)22)17(11)7-8-17/h1-6,11-12H,7-8H2,(H,19,20)(H,21,22)/t11-,12+/m0/s1. The second kappa shape index (κ2) is 4.56. The van der Waals surface area contributed by atoms with Gasteiger partial charge in [0.05, 0.1) is 5.57 Å². The molecule has 1 aromatic carbocycles. The lowest BCUT2D eigenvalue weighted by Gasteiger charge is -2.16. The maximum absolute atomic E-state index is 12.6. The van der Waals surface area contributed by atoms with Crippen LogP contribution in [0.4, 0.5) is 5.69 Å². The molecule has 22 heavy (non-hydrogen) atoms. The number of carbonyl (C=O) groups excluding carboxylic acids is 1. The predicted octanol–water partition coefficient (Wildman–Crippen LogP) is 3.36. The van der Waals surface area contributed by atoms with Gasteiger partial charge in [0.25, 0.3) is 5.91 Å². The smallest absolute Gasteiger partial charge is 0.332 e. The number of carbonyl (C=O) groups is 2. The molecule has 1 amide bonds. The Kier molecular flexibility index (Phi) is 2.85. The Morgan fingerprint density at radius 1 is 1.09 bits per heavy atom. The van der Waals surface area contributed by atoms with E-state index in [1.165, 1.54) is 0 Å². The second-order valence-corrected chi connectivity index (χ2v) is 7.08. The zero-order valence-corrected chi connectivity index (χ0v) is 13.3. The fourth-order valence-electron chi connectivity index (χ4n) is 3.91. The lowest BCUT2D eigenvalue weighted by molar-refractivity contribution is -0.133. The summed E-state index contributed by atoms with van der Waals surface area (Å²) in [7, 11) is 0. The topological polar surface area (TPSA) is 66.4 Å². The molecule has 1 fully saturated rings. The fraction of sp³-hybridized carbons (Fsp3) is 0.294. The Labute approximate surface area is 136 Å². The van der Waals surface area contributed by atoms with Crippen molar-refractivity contribution < 1.29 is 14.7 Å². The van der Waals surface area contributed by atoms with Gasteiger partial charge in [-0.25, -0.2) is 4.79 Å². The first-order valence-corrected chi connectivity index (χ1v) is 8.05. The molecule has 112 valence electrons. The molecule has 2 N–H and O–H groups in total. The van der Waals surface area contributed by atoms with Gasteiger partial charge in [-0.05, 0) is 42.5 Å². The minimum absolute atomic E-state index is 0.0138. The molecule has 5 heteroatoms. The van der Waals surface area contributed by atoms with Crippen molar-refractivity contribution in [3.63, 3.8) is 0 Å². The molecule has 0 saturated heterocycles. The third kappa shape index (κ3) is 1.81. The van der Waals surface area contributed by atoms with E-state index in [4.69, 9.17) is 0 Å². The van der Waals surface area contributed by atoms with Gasteiger partial charge in [0.2, 0.25) is 0 Å². The Morgan fingerprint density at radius 3 is 2.23 bits per heavy atom. The number of carboxylic acids is 1. The molecule has 4 nitrogen and oxygen atoms in total. The molecule has 0 heterocycles. The maximum Gasteiger partial charge on any atom is 0.332 e. The van der Waals surface area contributed by atoms with Crippen LogP contribution < -0.4 is 5.32 Å². The Morgan fingerprint density at radius 2 is 1.68 bits per heavy atom. The van der Waals surface area contributed by atoms with Crippen molar-refractivity contribution in [2.45, 2.75) is 12.8 Å². The van der Waals surface area contributed by atoms with Gasteiger partial charge in [0.1, 0.15) is 0 Å². The predicted molar refractivity (Wildman–Crippen MR) is 85.2 cm³/mol. The normalized spacial score (nSPS) is 26.6. The SMILES string of the molecule is O=C(O)C1=C(C(=O)Nc2ccc(Br)cc2)[C@@H]2C=C[C@H]1C21CC1. The summed E-state index contributed by atoms with van der Waals surface area (Å²) >= 11 is 3.35. The van der Waals surface area contributed by atoms with Crippen molar-refractivity contribution in [1.82, 2.24) is 0 Å². The highest BCUT2D eigenvalue weighted by molar-refractivity contribution is 9.10. The van der Waals surface area contributed by atoms with Gasteiger partial charge in [-0.2, -0.15) is 0 Å². The third-order valence-corrected chi connectivity index (χ3v) is 5.58. The van der Waals surface area contributed by atoms with Crippen molar-refractivity contribution in [3.05, 3.63) is 52.0 Å². The molecular formula is C17H14BrNO3. The van der Waals surface area contributed by atoms with Crippen LogP contribution >= 0.6 is 15.9 Å². The third-order valence-electron chi connectivity index (χ3n) is 5.05. The monoisotopic (exact) mass is 359 g/mol. The zero-order valence-electron chi connectivity index (χ0n) is 11.7. The number of aliphatic carboxylic acids is 1. The van der Waals surface area contributed by atoms with Crippen LogP contribution in [-0.4, -0.2) is 17.0 Å². The molecule has 1 aromatic rings. The molecule has 0 unspecified atom stereocenters. The number of nitrogens with one attached hydrogen (secondary N) is 1. The first kappa shape index (κ1) is 13.8. The van der Waals surface area contributed by atoms with Gasteiger partial charge in [0, 0.05) is 27.6 Å². The minimum atomic E-state index is -0.968. The molecule has 4 rings (SSSR count). The highest BCUT2D eigenvalue weighted by atomic mass is 79.9. The van der Waals surface area contributed by atoms with Crippen molar-refractivity contribution in [2.24, 2.45) is 17.3 Å². The van der Waals surface area contributed by atoms with E-state index in [1.807, 2.05) is 24.3 Å². The van der Waals surface area contributed by atoms with Crippen LogP contribution in [0.3, 0.4) is 0 Å². The zero-order chi connectivity index (χ0) is 15.5. The molecule has 2 atom stereocenters. The van der Waals surface area contributed by atoms with E-state index in [9.17, 15) is 14.7 Å². The average Bonchev–Trinajstić information content (AvgIpc) is 3.15. The van der Waals surface area contributed by atoms with Crippen LogP contribution in [0.1, 0.15) is 12.8 Å². The van der Waals surface area contributed by atoms with Gasteiger partial charge in [-0.1, -0.05) is 28.1 Å². The number of hydrogen-bond acceptors (Lipinski definition) is 2. The van der Waals surface area contributed by atoms with E-state index in [-0.39, 0.29) is 23.2 Å². The number of allylic oxidation sites excluding steroid dienone is 2. The van der Waals surface area contributed by atoms with Gasteiger partial charge in [-0.3, -0.25) is 4.79 Å². The van der Waals surface area contributed by atoms with E-state index in [2.05, 4.69) is 21.2 Å². The highest BCUT2D eigenvalue weighted by Gasteiger charge is 2.64. The first-order valence-electron chi connectivity index (χ1n) is 7.25. The summed E-state index contributed by atoms with van der Waals surface area (Å²) < 4.78 is 0.927. The molecule has 0 aliphatic heterocycles. The number of rotatable bonds is 3. The summed E-state index contributed by atoms with van der Waals surface area (Å²) in [5.41, 5.74) is 1.39. The molecule has 2 bridgehead atoms. The maximum atomic E-state index is 12.6. The summed E-state index contributed by atoms with van der Waals surface area (Å²) in [5, 5.41) is 12.4. The van der Waals surface area contributed by atoms with Crippen LogP contribution in [0.5, 0.6) is 0 Å². The van der Waals surface area contributed by atoms with Gasteiger partial charge in [0.15, 0.2) is 0 Å². The van der Waals surface area contributed by atoms with Crippen LogP contribution in [0.2, 0.25) is 0 Å². The number of anilines is 1. The lowest BCUT2D eigenvalue weighted by Crippen LogP contribution is -2.22. The number of carboxylic acid groups (broad SMARTS) is 1. The molecule has 3 aliphatic rings. The number of halogens is 1. The Balaban J connectivity index is 1.66. The summed E-state index contributed by atoms with van der Waals surface area (Å²) in [6.07, 6.45) is 5.99. The summed E-state index contributed by atoms with van der Waals surface area (Å²) in [5.74, 6) is -1.40. The van der Waals surface area contributed by atoms with E-state index in [0.717, 1.165) is 17.3 Å². The highest BCUT2D eigenvalue weighted by Crippen LogP contribution is 2.70. The largest absolute Gasteiger partial charge is 0.478 e. The van der Waals surface area contributed by atoms with Crippen molar-refractivity contribution in [1.29, 1.82) is 0 Å². The minimum Gasteiger partial charge on any atom is -0.478 e. The molecule has 1 saturated carbocycles. The van der Waals surface area contributed by atoms with Gasteiger partial charge < -0.3 is 10.4 Å². The number of hydrogen-bond donors (Lipinski definition) is 2. The average molecular weight is 360 g/mol. The number of benzene rings is 1. The molecule has 0 radical (unpaired) electrons.